The van der Waals surface area contributed by atoms with Crippen LogP contribution in [-0.4, -0.2) is 45.0 Å². The van der Waals surface area contributed by atoms with Gasteiger partial charge in [0.2, 0.25) is 0 Å². The van der Waals surface area contributed by atoms with Gasteiger partial charge in [0.05, 0.1) is 16.1 Å². The van der Waals surface area contributed by atoms with E-state index in [1.807, 2.05) is 0 Å². The van der Waals surface area contributed by atoms with Gasteiger partial charge in [-0.05, 0) is 64.1 Å². The van der Waals surface area contributed by atoms with Crippen LogP contribution in [0.25, 0.3) is 0 Å². The average Bonchev–Trinajstić information content (AvgIpc) is 2.72. The monoisotopic (exact) mass is 461 g/mol. The van der Waals surface area contributed by atoms with Crippen LogP contribution in [0.2, 0.25) is 0 Å². The highest BCUT2D eigenvalue weighted by atomic mass is 32.2. The molecule has 9 nitrogen and oxygen atoms in total. The molecule has 0 spiro atoms. The fourth-order valence-corrected chi connectivity index (χ4v) is 3.76. The van der Waals surface area contributed by atoms with Crippen molar-refractivity contribution < 1.29 is 27.5 Å². The Balaban J connectivity index is 2.04. The Labute approximate surface area is 187 Å². The first-order valence-corrected chi connectivity index (χ1v) is 11.2. The molecule has 1 unspecified atom stereocenters. The molecular formula is C22H27N3O6S. The molecule has 32 heavy (non-hydrogen) atoms. The number of benzene rings is 2. The van der Waals surface area contributed by atoms with E-state index in [1.165, 1.54) is 38.2 Å². The van der Waals surface area contributed by atoms with E-state index in [4.69, 9.17) is 4.74 Å². The van der Waals surface area contributed by atoms with Crippen molar-refractivity contribution in [1.29, 1.82) is 0 Å². The van der Waals surface area contributed by atoms with Gasteiger partial charge in [0, 0.05) is 12.6 Å². The molecule has 2 aromatic rings. The topological polar surface area (TPSA) is 122 Å². The second-order valence-electron chi connectivity index (χ2n) is 8.07. The lowest BCUT2D eigenvalue weighted by molar-refractivity contribution is -0.127. The summed E-state index contributed by atoms with van der Waals surface area (Å²) >= 11 is 0. The van der Waals surface area contributed by atoms with E-state index in [0.29, 0.717) is 5.69 Å². The number of hydrogen-bond acceptors (Lipinski definition) is 6. The van der Waals surface area contributed by atoms with Gasteiger partial charge >= 0.3 is 12.0 Å². The summed E-state index contributed by atoms with van der Waals surface area (Å²) in [6, 6.07) is 13.0. The number of para-hydroxylation sites is 1. The van der Waals surface area contributed by atoms with Gasteiger partial charge in [0.15, 0.2) is 6.10 Å². The lowest BCUT2D eigenvalue weighted by Crippen LogP contribution is -2.50. The number of hydrogen-bond donors (Lipinski definition) is 2. The molecule has 2 N–H and O–H groups in total. The average molecular weight is 462 g/mol. The summed E-state index contributed by atoms with van der Waals surface area (Å²) in [5, 5.41) is 4.66. The number of urea groups is 1. The summed E-state index contributed by atoms with van der Waals surface area (Å²) in [6.45, 7) is 6.58. The predicted molar refractivity (Wildman–Crippen MR) is 120 cm³/mol. The van der Waals surface area contributed by atoms with Crippen molar-refractivity contribution >= 4 is 33.6 Å². The van der Waals surface area contributed by atoms with Gasteiger partial charge < -0.3 is 10.1 Å². The van der Waals surface area contributed by atoms with Crippen LogP contribution in [0.1, 0.15) is 38.1 Å². The first kappa shape index (κ1) is 24.9. The summed E-state index contributed by atoms with van der Waals surface area (Å²) in [4.78, 5) is 36.2. The molecule has 172 valence electrons. The van der Waals surface area contributed by atoms with E-state index >= 15 is 0 Å². The normalized spacial score (nSPS) is 12.4. The van der Waals surface area contributed by atoms with Crippen LogP contribution >= 0.6 is 0 Å². The minimum Gasteiger partial charge on any atom is -0.449 e. The Morgan fingerprint density at radius 1 is 0.969 bits per heavy atom. The van der Waals surface area contributed by atoms with Crippen molar-refractivity contribution in [2.75, 3.05) is 11.4 Å². The van der Waals surface area contributed by atoms with Crippen molar-refractivity contribution in [2.45, 2.75) is 44.2 Å². The molecular weight excluding hydrogens is 434 g/mol. The second-order valence-corrected chi connectivity index (χ2v) is 10.0. The maximum atomic E-state index is 12.8. The number of rotatable bonds is 6. The molecule has 0 radical (unpaired) electrons. The van der Waals surface area contributed by atoms with Gasteiger partial charge in [-0.15, -0.1) is 0 Å². The largest absolute Gasteiger partial charge is 0.449 e. The van der Waals surface area contributed by atoms with Crippen LogP contribution < -0.4 is 14.9 Å². The Kier molecular flexibility index (Phi) is 7.63. The summed E-state index contributed by atoms with van der Waals surface area (Å²) in [5.74, 6) is -1.62. The van der Waals surface area contributed by atoms with E-state index in [9.17, 15) is 22.8 Å². The van der Waals surface area contributed by atoms with E-state index in [1.54, 1.807) is 51.1 Å². The van der Waals surface area contributed by atoms with E-state index in [-0.39, 0.29) is 10.5 Å². The molecule has 0 saturated carbocycles. The Morgan fingerprint density at radius 2 is 1.53 bits per heavy atom. The number of amides is 3. The maximum absolute atomic E-state index is 12.8. The third-order valence-corrected chi connectivity index (χ3v) is 6.05. The third-order valence-electron chi connectivity index (χ3n) is 4.25. The lowest BCUT2D eigenvalue weighted by atomic mass is 10.1. The van der Waals surface area contributed by atoms with Gasteiger partial charge in [-0.1, -0.05) is 18.2 Å². The van der Waals surface area contributed by atoms with Crippen LogP contribution in [0.15, 0.2) is 59.5 Å². The minimum absolute atomic E-state index is 0.00922. The third kappa shape index (κ3) is 6.55. The number of ether oxygens (including phenoxy) is 1. The number of nitrogens with one attached hydrogen (secondary N) is 2. The highest BCUT2D eigenvalue weighted by Crippen LogP contribution is 2.22. The number of carbonyl (C=O) groups is 3. The fourth-order valence-electron chi connectivity index (χ4n) is 2.57. The Hall–Kier alpha value is -3.40. The number of sulfonamides is 1. The zero-order chi connectivity index (χ0) is 24.1. The summed E-state index contributed by atoms with van der Waals surface area (Å²) in [5.41, 5.74) is 0.0115. The number of imide groups is 1. The summed E-state index contributed by atoms with van der Waals surface area (Å²) < 4.78 is 31.8. The Morgan fingerprint density at radius 3 is 2.06 bits per heavy atom. The van der Waals surface area contributed by atoms with Crippen molar-refractivity contribution in [3.8, 4) is 0 Å². The molecule has 0 aromatic heterocycles. The summed E-state index contributed by atoms with van der Waals surface area (Å²) in [6.07, 6.45) is -1.24. The molecule has 0 bridgehead atoms. The lowest BCUT2D eigenvalue weighted by Gasteiger charge is -2.21. The van der Waals surface area contributed by atoms with Gasteiger partial charge in [-0.2, -0.15) is 0 Å². The first-order valence-electron chi connectivity index (χ1n) is 9.79. The molecule has 0 fully saturated rings. The zero-order valence-corrected chi connectivity index (χ0v) is 19.4. The highest BCUT2D eigenvalue weighted by Gasteiger charge is 2.24. The molecule has 0 aliphatic rings. The van der Waals surface area contributed by atoms with Gasteiger partial charge in [-0.25, -0.2) is 18.0 Å². The number of anilines is 1. The highest BCUT2D eigenvalue weighted by molar-refractivity contribution is 7.92. The van der Waals surface area contributed by atoms with Crippen molar-refractivity contribution in [1.82, 2.24) is 10.6 Å². The van der Waals surface area contributed by atoms with Crippen molar-refractivity contribution in [3.63, 3.8) is 0 Å². The summed E-state index contributed by atoms with van der Waals surface area (Å²) in [7, 11) is -2.39. The molecule has 10 heteroatoms. The van der Waals surface area contributed by atoms with Crippen LogP contribution in [0.5, 0.6) is 0 Å². The van der Waals surface area contributed by atoms with Crippen LogP contribution in [0.3, 0.4) is 0 Å². The second kappa shape index (κ2) is 9.82. The molecule has 0 saturated heterocycles. The quantitative estimate of drug-likeness (QED) is 0.638. The molecule has 1 atom stereocenters. The van der Waals surface area contributed by atoms with Crippen LogP contribution in [0.4, 0.5) is 10.5 Å². The van der Waals surface area contributed by atoms with E-state index in [2.05, 4.69) is 10.6 Å². The van der Waals surface area contributed by atoms with Gasteiger partial charge in [-0.3, -0.25) is 14.4 Å². The maximum Gasteiger partial charge on any atom is 0.338 e. The predicted octanol–water partition coefficient (Wildman–Crippen LogP) is 2.68. The standard InChI is InChI=1S/C22H27N3O6S/c1-15(19(26)23-21(28)24-22(2,3)4)31-20(27)16-11-13-18(14-12-16)32(29,30)25(5)17-9-7-6-8-10-17/h6-15H,1-5H3,(H2,23,24,26,28). The van der Waals surface area contributed by atoms with E-state index in [0.717, 1.165) is 4.31 Å². The minimum atomic E-state index is -3.83. The molecule has 3 amide bonds. The fraction of sp³-hybridized carbons (Fsp3) is 0.318. The number of carbonyl (C=O) groups excluding carboxylic acids is 3. The molecule has 0 heterocycles. The van der Waals surface area contributed by atoms with Gasteiger partial charge in [0.25, 0.3) is 15.9 Å². The van der Waals surface area contributed by atoms with Crippen molar-refractivity contribution in [2.24, 2.45) is 0 Å². The van der Waals surface area contributed by atoms with Crippen LogP contribution in [0, 0.1) is 0 Å². The van der Waals surface area contributed by atoms with Gasteiger partial charge in [0.1, 0.15) is 0 Å². The zero-order valence-electron chi connectivity index (χ0n) is 18.6. The Bertz CT molecular complexity index is 1080. The van der Waals surface area contributed by atoms with E-state index < -0.39 is 39.6 Å². The number of nitrogens with zero attached hydrogens (tertiary/aromatic N) is 1. The SMILES string of the molecule is CC(OC(=O)c1ccc(S(=O)(=O)N(C)c2ccccc2)cc1)C(=O)NC(=O)NC(C)(C)C. The molecule has 0 aliphatic carbocycles. The molecule has 2 rings (SSSR count). The molecule has 2 aromatic carbocycles. The van der Waals surface area contributed by atoms with Crippen molar-refractivity contribution in [3.05, 3.63) is 60.2 Å². The smallest absolute Gasteiger partial charge is 0.338 e. The first-order chi connectivity index (χ1) is 14.8. The number of esters is 1. The molecule has 0 aliphatic heterocycles. The van der Waals surface area contributed by atoms with Crippen LogP contribution in [-0.2, 0) is 19.6 Å².